The highest BCUT2D eigenvalue weighted by atomic mass is 35.5. The van der Waals surface area contributed by atoms with Gasteiger partial charge in [-0.3, -0.25) is 10.1 Å². The number of halogens is 2. The second kappa shape index (κ2) is 8.77. The van der Waals surface area contributed by atoms with Gasteiger partial charge < -0.3 is 10.8 Å². The molecule has 0 radical (unpaired) electrons. The second-order valence-corrected chi connectivity index (χ2v) is 4.98. The number of carboxylic acid groups (broad SMARTS) is 1. The SMILES string of the molecule is Nc1c(Cl)cc([N+](=O)[O-])cc1Cl.O=C(O)C=Cc1ccccc1. The maximum absolute atomic E-state index is 10.3. The molecule has 0 aliphatic rings. The first-order valence-electron chi connectivity index (χ1n) is 6.16. The summed E-state index contributed by atoms with van der Waals surface area (Å²) in [7, 11) is 0. The Kier molecular flexibility index (Phi) is 7.05. The molecule has 0 aliphatic carbocycles. The van der Waals surface area contributed by atoms with E-state index in [0.717, 1.165) is 23.8 Å². The smallest absolute Gasteiger partial charge is 0.328 e. The fourth-order valence-electron chi connectivity index (χ4n) is 1.41. The largest absolute Gasteiger partial charge is 0.478 e. The van der Waals surface area contributed by atoms with Crippen molar-refractivity contribution >= 4 is 46.6 Å². The molecule has 2 rings (SSSR count). The molecule has 0 atom stereocenters. The number of nitrogens with two attached hydrogens (primary N) is 1. The lowest BCUT2D eigenvalue weighted by Gasteiger charge is -1.99. The topological polar surface area (TPSA) is 106 Å². The number of benzene rings is 2. The molecule has 0 amide bonds. The second-order valence-electron chi connectivity index (χ2n) is 4.16. The van der Waals surface area contributed by atoms with E-state index < -0.39 is 10.9 Å². The molecule has 0 spiro atoms. The van der Waals surface area contributed by atoms with E-state index in [9.17, 15) is 14.9 Å². The maximum atomic E-state index is 10.3. The van der Waals surface area contributed by atoms with Gasteiger partial charge in [0.05, 0.1) is 20.7 Å². The highest BCUT2D eigenvalue weighted by Gasteiger charge is 2.11. The van der Waals surface area contributed by atoms with Crippen LogP contribution >= 0.6 is 23.2 Å². The van der Waals surface area contributed by atoms with Gasteiger partial charge in [-0.25, -0.2) is 4.79 Å². The molecule has 120 valence electrons. The van der Waals surface area contributed by atoms with Crippen molar-refractivity contribution in [3.05, 3.63) is 74.3 Å². The Hall–Kier alpha value is -2.57. The van der Waals surface area contributed by atoms with Crippen LogP contribution in [-0.2, 0) is 4.79 Å². The number of aliphatic carboxylic acids is 1. The van der Waals surface area contributed by atoms with E-state index in [1.807, 2.05) is 30.3 Å². The van der Waals surface area contributed by atoms with Gasteiger partial charge in [-0.05, 0) is 11.6 Å². The summed E-state index contributed by atoms with van der Waals surface area (Å²) in [5, 5.41) is 18.7. The van der Waals surface area contributed by atoms with Crippen LogP contribution in [0.15, 0.2) is 48.5 Å². The van der Waals surface area contributed by atoms with Crippen LogP contribution in [0.3, 0.4) is 0 Å². The summed E-state index contributed by atoms with van der Waals surface area (Å²) in [6, 6.07) is 11.6. The number of rotatable bonds is 3. The van der Waals surface area contributed by atoms with Crippen molar-refractivity contribution in [1.29, 1.82) is 0 Å². The van der Waals surface area contributed by atoms with E-state index in [1.54, 1.807) is 6.08 Å². The van der Waals surface area contributed by atoms with Gasteiger partial charge in [-0.1, -0.05) is 53.5 Å². The molecule has 0 aromatic heterocycles. The van der Waals surface area contributed by atoms with E-state index in [0.29, 0.717) is 0 Å². The molecule has 8 heteroatoms. The zero-order chi connectivity index (χ0) is 17.4. The van der Waals surface area contributed by atoms with Gasteiger partial charge in [0.2, 0.25) is 0 Å². The van der Waals surface area contributed by atoms with Crippen LogP contribution in [0.1, 0.15) is 5.56 Å². The first-order valence-corrected chi connectivity index (χ1v) is 6.92. The van der Waals surface area contributed by atoms with Gasteiger partial charge >= 0.3 is 5.97 Å². The Morgan fingerprint density at radius 1 is 1.17 bits per heavy atom. The molecule has 0 saturated heterocycles. The summed E-state index contributed by atoms with van der Waals surface area (Å²) in [4.78, 5) is 19.8. The van der Waals surface area contributed by atoms with Crippen LogP contribution in [0, 0.1) is 10.1 Å². The van der Waals surface area contributed by atoms with Crippen LogP contribution in [0.25, 0.3) is 6.08 Å². The molecule has 2 aromatic carbocycles. The van der Waals surface area contributed by atoms with Crippen molar-refractivity contribution in [1.82, 2.24) is 0 Å². The van der Waals surface area contributed by atoms with E-state index in [4.69, 9.17) is 34.0 Å². The van der Waals surface area contributed by atoms with Crippen LogP contribution in [-0.4, -0.2) is 16.0 Å². The molecular formula is C15H12Cl2N2O4. The Morgan fingerprint density at radius 3 is 2.13 bits per heavy atom. The number of carboxylic acids is 1. The third-order valence-electron chi connectivity index (χ3n) is 2.49. The van der Waals surface area contributed by atoms with Gasteiger partial charge in [0.15, 0.2) is 0 Å². The Bertz CT molecular complexity index is 711. The summed E-state index contributed by atoms with van der Waals surface area (Å²) in [6.45, 7) is 0. The zero-order valence-corrected chi connectivity index (χ0v) is 13.2. The van der Waals surface area contributed by atoms with E-state index in [-0.39, 0.29) is 21.4 Å². The number of nitrogens with zero attached hydrogens (tertiary/aromatic N) is 1. The Balaban J connectivity index is 0.000000231. The van der Waals surface area contributed by atoms with E-state index in [1.165, 1.54) is 0 Å². The number of nitro groups is 1. The van der Waals surface area contributed by atoms with Gasteiger partial charge in [-0.2, -0.15) is 0 Å². The monoisotopic (exact) mass is 354 g/mol. The minimum atomic E-state index is -0.922. The van der Waals surface area contributed by atoms with Gasteiger partial charge in [0.25, 0.3) is 5.69 Å². The molecule has 0 saturated carbocycles. The molecule has 0 unspecified atom stereocenters. The normalized spacial score (nSPS) is 10.0. The predicted octanol–water partition coefficient (Wildman–Crippen LogP) is 4.27. The highest BCUT2D eigenvalue weighted by molar-refractivity contribution is 6.39. The minimum Gasteiger partial charge on any atom is -0.478 e. The lowest BCUT2D eigenvalue weighted by molar-refractivity contribution is -0.384. The summed E-state index contributed by atoms with van der Waals surface area (Å²) < 4.78 is 0. The third kappa shape index (κ3) is 6.37. The average Bonchev–Trinajstić information content (AvgIpc) is 2.51. The standard InChI is InChI=1S/C9H8O2.C6H4Cl2N2O2/c10-9(11)7-6-8-4-2-1-3-5-8;7-4-1-3(10(11)12)2-5(8)6(4)9/h1-7H,(H,10,11);1-2H,9H2. The third-order valence-corrected chi connectivity index (χ3v) is 3.12. The molecular weight excluding hydrogens is 343 g/mol. The Morgan fingerprint density at radius 2 is 1.70 bits per heavy atom. The number of hydrogen-bond acceptors (Lipinski definition) is 4. The number of carbonyl (C=O) groups is 1. The van der Waals surface area contributed by atoms with Crippen molar-refractivity contribution in [2.45, 2.75) is 0 Å². The maximum Gasteiger partial charge on any atom is 0.328 e. The molecule has 3 N–H and O–H groups in total. The molecule has 0 fully saturated rings. The van der Waals surface area contributed by atoms with Gasteiger partial charge in [0.1, 0.15) is 0 Å². The first kappa shape index (κ1) is 18.5. The van der Waals surface area contributed by atoms with Crippen molar-refractivity contribution in [2.24, 2.45) is 0 Å². The molecule has 23 heavy (non-hydrogen) atoms. The number of anilines is 1. The fraction of sp³-hybridized carbons (Fsp3) is 0. The summed E-state index contributed by atoms with van der Waals surface area (Å²) >= 11 is 11.1. The van der Waals surface area contributed by atoms with Crippen molar-refractivity contribution in [2.75, 3.05) is 5.73 Å². The van der Waals surface area contributed by atoms with Crippen molar-refractivity contribution in [3.63, 3.8) is 0 Å². The van der Waals surface area contributed by atoms with E-state index in [2.05, 4.69) is 0 Å². The van der Waals surface area contributed by atoms with E-state index >= 15 is 0 Å². The molecule has 6 nitrogen and oxygen atoms in total. The van der Waals surface area contributed by atoms with Crippen LogP contribution in [0.4, 0.5) is 11.4 Å². The summed E-state index contributed by atoms with van der Waals surface area (Å²) in [6.07, 6.45) is 2.68. The minimum absolute atomic E-state index is 0.0919. The van der Waals surface area contributed by atoms with Gasteiger partial charge in [-0.15, -0.1) is 0 Å². The van der Waals surface area contributed by atoms with Crippen LogP contribution in [0.2, 0.25) is 10.0 Å². The number of nitro benzene ring substituents is 1. The molecule has 0 aliphatic heterocycles. The quantitative estimate of drug-likeness (QED) is 0.370. The van der Waals surface area contributed by atoms with Crippen molar-refractivity contribution in [3.8, 4) is 0 Å². The first-order chi connectivity index (χ1) is 10.8. The summed E-state index contributed by atoms with van der Waals surface area (Å²) in [5.41, 5.74) is 6.25. The predicted molar refractivity (Wildman–Crippen MR) is 90.6 cm³/mol. The highest BCUT2D eigenvalue weighted by Crippen LogP contribution is 2.31. The lowest BCUT2D eigenvalue weighted by atomic mass is 10.2. The lowest BCUT2D eigenvalue weighted by Crippen LogP contribution is -1.92. The molecule has 0 bridgehead atoms. The Labute approximate surface area is 141 Å². The number of hydrogen-bond donors (Lipinski definition) is 2. The number of nitrogen functional groups attached to an aromatic ring is 1. The molecule has 2 aromatic rings. The van der Waals surface area contributed by atoms with Gasteiger partial charge in [0, 0.05) is 18.2 Å². The van der Waals surface area contributed by atoms with Crippen molar-refractivity contribution < 1.29 is 14.8 Å². The zero-order valence-electron chi connectivity index (χ0n) is 11.6. The van der Waals surface area contributed by atoms with Crippen LogP contribution in [0.5, 0.6) is 0 Å². The molecule has 0 heterocycles. The summed E-state index contributed by atoms with van der Waals surface area (Å²) in [5.74, 6) is -0.922. The average molecular weight is 355 g/mol. The van der Waals surface area contributed by atoms with Crippen LogP contribution < -0.4 is 5.73 Å². The number of non-ortho nitro benzene ring substituents is 1. The fourth-order valence-corrected chi connectivity index (χ4v) is 1.88.